The second-order valence-electron chi connectivity index (χ2n) is 5.86. The Morgan fingerprint density at radius 2 is 2.21 bits per heavy atom. The molecule has 1 unspecified atom stereocenters. The first kappa shape index (κ1) is 20.9. The standard InChI is InChI=1S/C15H25N5O2S.HI/c1-4-16-15(19-13-6-8-23(21,22)11-13)18-10-12-5-7-17-14(9-12)20(2)3;/h5,7,9,13H,4,6,8,10-11H2,1-3H3,(H2,16,18,19);1H. The zero-order valence-corrected chi connectivity index (χ0v) is 17.5. The SMILES string of the molecule is CCNC(=NCc1ccnc(N(C)C)c1)NC1CCS(=O)(=O)C1.I. The van der Waals surface area contributed by atoms with Crippen LogP contribution in [0.5, 0.6) is 0 Å². The summed E-state index contributed by atoms with van der Waals surface area (Å²) < 4.78 is 23.1. The van der Waals surface area contributed by atoms with Gasteiger partial charge in [-0.3, -0.25) is 0 Å². The quantitative estimate of drug-likeness (QED) is 0.382. The molecule has 0 aromatic carbocycles. The number of sulfone groups is 1. The van der Waals surface area contributed by atoms with Gasteiger partial charge in [-0.15, -0.1) is 24.0 Å². The van der Waals surface area contributed by atoms with Crippen LogP contribution in [-0.2, 0) is 16.4 Å². The van der Waals surface area contributed by atoms with Crippen LogP contribution in [-0.4, -0.2) is 57.5 Å². The van der Waals surface area contributed by atoms with Gasteiger partial charge in [-0.2, -0.15) is 0 Å². The fraction of sp³-hybridized carbons (Fsp3) is 0.600. The van der Waals surface area contributed by atoms with Crippen LogP contribution in [0.25, 0.3) is 0 Å². The van der Waals surface area contributed by atoms with Crippen LogP contribution in [0.3, 0.4) is 0 Å². The highest BCUT2D eigenvalue weighted by atomic mass is 127. The summed E-state index contributed by atoms with van der Waals surface area (Å²) in [5, 5.41) is 6.38. The largest absolute Gasteiger partial charge is 0.363 e. The van der Waals surface area contributed by atoms with Gasteiger partial charge in [0.25, 0.3) is 0 Å². The Labute approximate surface area is 161 Å². The molecular weight excluding hydrogens is 441 g/mol. The van der Waals surface area contributed by atoms with Gasteiger partial charge in [-0.05, 0) is 31.0 Å². The number of nitrogens with zero attached hydrogens (tertiary/aromatic N) is 3. The lowest BCUT2D eigenvalue weighted by atomic mass is 10.2. The molecule has 2 N–H and O–H groups in total. The Morgan fingerprint density at radius 3 is 2.79 bits per heavy atom. The van der Waals surface area contributed by atoms with Crippen LogP contribution in [0.1, 0.15) is 18.9 Å². The number of rotatable bonds is 5. The molecule has 7 nitrogen and oxygen atoms in total. The van der Waals surface area contributed by atoms with Crippen LogP contribution in [0.2, 0.25) is 0 Å². The van der Waals surface area contributed by atoms with Crippen molar-refractivity contribution < 1.29 is 8.42 Å². The Bertz CT molecular complexity index is 664. The minimum absolute atomic E-state index is 0. The smallest absolute Gasteiger partial charge is 0.191 e. The van der Waals surface area contributed by atoms with Crippen molar-refractivity contribution in [3.63, 3.8) is 0 Å². The van der Waals surface area contributed by atoms with E-state index in [1.54, 1.807) is 6.20 Å². The highest BCUT2D eigenvalue weighted by molar-refractivity contribution is 14.0. The average molecular weight is 467 g/mol. The first-order chi connectivity index (χ1) is 10.9. The van der Waals surface area contributed by atoms with Gasteiger partial charge in [0, 0.05) is 32.9 Å². The number of aliphatic imine (C=N–C) groups is 1. The molecule has 136 valence electrons. The highest BCUT2D eigenvalue weighted by Crippen LogP contribution is 2.12. The Balaban J connectivity index is 0.00000288. The molecule has 0 amide bonds. The highest BCUT2D eigenvalue weighted by Gasteiger charge is 2.28. The number of guanidine groups is 1. The normalized spacial score (nSPS) is 19.5. The van der Waals surface area contributed by atoms with Gasteiger partial charge in [-0.25, -0.2) is 18.4 Å². The van der Waals surface area contributed by atoms with Crippen LogP contribution in [0.15, 0.2) is 23.3 Å². The van der Waals surface area contributed by atoms with E-state index in [1.807, 2.05) is 38.1 Å². The summed E-state index contributed by atoms with van der Waals surface area (Å²) >= 11 is 0. The molecule has 0 aliphatic carbocycles. The minimum Gasteiger partial charge on any atom is -0.363 e. The molecule has 1 fully saturated rings. The van der Waals surface area contributed by atoms with Gasteiger partial charge in [0.2, 0.25) is 0 Å². The molecule has 0 bridgehead atoms. The van der Waals surface area contributed by atoms with Crippen molar-refractivity contribution in [2.75, 3.05) is 37.0 Å². The summed E-state index contributed by atoms with van der Waals surface area (Å²) in [4.78, 5) is 10.8. The molecule has 1 aromatic rings. The zero-order valence-electron chi connectivity index (χ0n) is 14.3. The van der Waals surface area contributed by atoms with Crippen LogP contribution >= 0.6 is 24.0 Å². The lowest BCUT2D eigenvalue weighted by molar-refractivity contribution is 0.599. The van der Waals surface area contributed by atoms with E-state index in [2.05, 4.69) is 20.6 Å². The van der Waals surface area contributed by atoms with E-state index in [0.717, 1.165) is 17.9 Å². The van der Waals surface area contributed by atoms with Crippen LogP contribution < -0.4 is 15.5 Å². The minimum atomic E-state index is -2.90. The van der Waals surface area contributed by atoms with E-state index >= 15 is 0 Å². The predicted octanol–water partition coefficient (Wildman–Crippen LogP) is 1.01. The van der Waals surface area contributed by atoms with E-state index in [1.165, 1.54) is 0 Å². The first-order valence-electron chi connectivity index (χ1n) is 7.77. The topological polar surface area (TPSA) is 86.7 Å². The van der Waals surface area contributed by atoms with E-state index in [9.17, 15) is 8.42 Å². The van der Waals surface area contributed by atoms with Gasteiger partial charge in [0.05, 0.1) is 18.1 Å². The fourth-order valence-electron chi connectivity index (χ4n) is 2.40. The summed E-state index contributed by atoms with van der Waals surface area (Å²) in [6, 6.07) is 3.86. The molecule has 2 rings (SSSR count). The molecule has 24 heavy (non-hydrogen) atoms. The van der Waals surface area contributed by atoms with E-state index in [0.29, 0.717) is 18.9 Å². The van der Waals surface area contributed by atoms with Crippen molar-refractivity contribution in [1.82, 2.24) is 15.6 Å². The molecule has 1 aromatic heterocycles. The van der Waals surface area contributed by atoms with Gasteiger partial charge < -0.3 is 15.5 Å². The molecule has 1 atom stereocenters. The van der Waals surface area contributed by atoms with E-state index in [4.69, 9.17) is 0 Å². The first-order valence-corrected chi connectivity index (χ1v) is 9.59. The van der Waals surface area contributed by atoms with Gasteiger partial charge in [0.1, 0.15) is 5.82 Å². The average Bonchev–Trinajstić information content (AvgIpc) is 2.84. The Hall–Kier alpha value is -1.10. The maximum atomic E-state index is 11.5. The van der Waals surface area contributed by atoms with Crippen LogP contribution in [0.4, 0.5) is 5.82 Å². The Kier molecular flexibility index (Phi) is 8.20. The summed E-state index contributed by atoms with van der Waals surface area (Å²) in [7, 11) is 0.995. The predicted molar refractivity (Wildman–Crippen MR) is 109 cm³/mol. The second kappa shape index (κ2) is 9.40. The maximum absolute atomic E-state index is 11.5. The number of hydrogen-bond donors (Lipinski definition) is 2. The third kappa shape index (κ3) is 6.42. The number of halogens is 1. The van der Waals surface area contributed by atoms with Crippen molar-refractivity contribution in [3.05, 3.63) is 23.9 Å². The van der Waals surface area contributed by atoms with Crippen molar-refractivity contribution >= 4 is 45.6 Å². The summed E-state index contributed by atoms with van der Waals surface area (Å²) in [5.41, 5.74) is 1.06. The molecule has 9 heteroatoms. The molecule has 1 saturated heterocycles. The number of aromatic nitrogens is 1. The van der Waals surface area contributed by atoms with Gasteiger partial charge >= 0.3 is 0 Å². The van der Waals surface area contributed by atoms with Crippen molar-refractivity contribution in [2.45, 2.75) is 25.9 Å². The van der Waals surface area contributed by atoms with Crippen molar-refractivity contribution in [3.8, 4) is 0 Å². The van der Waals surface area contributed by atoms with E-state index in [-0.39, 0.29) is 41.5 Å². The Morgan fingerprint density at radius 1 is 1.46 bits per heavy atom. The van der Waals surface area contributed by atoms with Crippen molar-refractivity contribution in [1.29, 1.82) is 0 Å². The fourth-order valence-corrected chi connectivity index (χ4v) is 4.07. The number of hydrogen-bond acceptors (Lipinski definition) is 5. The van der Waals surface area contributed by atoms with E-state index < -0.39 is 9.84 Å². The van der Waals surface area contributed by atoms with Gasteiger partial charge in [-0.1, -0.05) is 0 Å². The molecule has 1 aliphatic heterocycles. The molecule has 2 heterocycles. The molecule has 1 aliphatic rings. The summed E-state index contributed by atoms with van der Waals surface area (Å²) in [5.74, 6) is 1.97. The third-order valence-corrected chi connectivity index (χ3v) is 5.37. The molecular formula is C15H26IN5O2S. The lowest BCUT2D eigenvalue weighted by Gasteiger charge is -2.16. The van der Waals surface area contributed by atoms with Crippen LogP contribution in [0, 0.1) is 0 Å². The van der Waals surface area contributed by atoms with Gasteiger partial charge in [0.15, 0.2) is 15.8 Å². The second-order valence-corrected chi connectivity index (χ2v) is 8.08. The third-order valence-electron chi connectivity index (χ3n) is 3.61. The monoisotopic (exact) mass is 467 g/mol. The lowest BCUT2D eigenvalue weighted by Crippen LogP contribution is -2.44. The number of pyridine rings is 1. The zero-order chi connectivity index (χ0) is 16.9. The number of nitrogens with one attached hydrogen (secondary N) is 2. The maximum Gasteiger partial charge on any atom is 0.191 e. The molecule has 0 radical (unpaired) electrons. The van der Waals surface area contributed by atoms with Crippen molar-refractivity contribution in [2.24, 2.45) is 4.99 Å². The number of anilines is 1. The summed E-state index contributed by atoms with van der Waals surface area (Å²) in [6.45, 7) is 3.22. The molecule has 0 spiro atoms. The summed E-state index contributed by atoms with van der Waals surface area (Å²) in [6.07, 6.45) is 2.40. The molecule has 0 saturated carbocycles.